The van der Waals surface area contributed by atoms with Crippen LogP contribution >= 0.6 is 0 Å². The molecule has 0 saturated carbocycles. The summed E-state index contributed by atoms with van der Waals surface area (Å²) in [5.41, 5.74) is 0.297. The van der Waals surface area contributed by atoms with Crippen molar-refractivity contribution in [1.82, 2.24) is 24.4 Å². The minimum Gasteiger partial charge on any atom is -0.354 e. The molecule has 1 N–H and O–H groups in total. The van der Waals surface area contributed by atoms with Gasteiger partial charge >= 0.3 is 0 Å². The van der Waals surface area contributed by atoms with Gasteiger partial charge in [0.05, 0.1) is 0 Å². The monoisotopic (exact) mass is 359 g/mol. The summed E-state index contributed by atoms with van der Waals surface area (Å²) < 4.78 is 2.98. The quantitative estimate of drug-likeness (QED) is 0.789. The summed E-state index contributed by atoms with van der Waals surface area (Å²) in [5.74, 6) is 2.01. The number of fused-ring (bicyclic) bond motifs is 1. The molecule has 26 heavy (non-hydrogen) atoms. The number of likely N-dealkylation sites (tertiary alicyclic amines) is 1. The molecule has 0 spiro atoms. The second-order valence-corrected chi connectivity index (χ2v) is 7.68. The van der Waals surface area contributed by atoms with Crippen LogP contribution in [0.15, 0.2) is 23.1 Å². The van der Waals surface area contributed by atoms with Gasteiger partial charge in [0.1, 0.15) is 17.9 Å². The standard InChI is InChI=1S/C19H29N5O2/c1-14-10-15(2)12-22(11-14)8-5-7-20-18(25)13-24-19(26)17-6-4-9-23(17)16(3)21-24/h4,6,9,14-15H,5,7-8,10-13H2,1-3H3,(H,20,25)/t14-,15+. The first-order valence-electron chi connectivity index (χ1n) is 9.48. The number of hydrogen-bond donors (Lipinski definition) is 1. The van der Waals surface area contributed by atoms with Gasteiger partial charge in [-0.3, -0.25) is 14.0 Å². The van der Waals surface area contributed by atoms with Crippen LogP contribution in [0, 0.1) is 18.8 Å². The average Bonchev–Trinajstić information content (AvgIpc) is 3.06. The summed E-state index contributed by atoms with van der Waals surface area (Å²) in [4.78, 5) is 27.0. The number of piperidine rings is 1. The number of nitrogens with one attached hydrogen (secondary N) is 1. The molecule has 0 bridgehead atoms. The Bertz CT molecular complexity index is 815. The van der Waals surface area contributed by atoms with E-state index in [1.807, 2.05) is 6.92 Å². The van der Waals surface area contributed by atoms with Crippen molar-refractivity contribution >= 4 is 11.4 Å². The molecule has 2 atom stereocenters. The van der Waals surface area contributed by atoms with E-state index in [-0.39, 0.29) is 18.0 Å². The van der Waals surface area contributed by atoms with Crippen molar-refractivity contribution in [2.45, 2.75) is 40.2 Å². The highest BCUT2D eigenvalue weighted by Gasteiger charge is 2.21. The average molecular weight is 359 g/mol. The summed E-state index contributed by atoms with van der Waals surface area (Å²) in [6, 6.07) is 3.55. The van der Waals surface area contributed by atoms with E-state index < -0.39 is 0 Å². The first kappa shape index (κ1) is 18.6. The fraction of sp³-hybridized carbons (Fsp3) is 0.632. The SMILES string of the molecule is Cc1nn(CC(=O)NCCCN2C[C@H](C)C[C@H](C)C2)c(=O)c2cccn12. The molecule has 3 heterocycles. The van der Waals surface area contributed by atoms with Crippen LogP contribution < -0.4 is 10.9 Å². The summed E-state index contributed by atoms with van der Waals surface area (Å²) >= 11 is 0. The van der Waals surface area contributed by atoms with Gasteiger partial charge in [-0.2, -0.15) is 5.10 Å². The molecule has 0 aromatic carbocycles. The van der Waals surface area contributed by atoms with Crippen molar-refractivity contribution < 1.29 is 4.79 Å². The summed E-state index contributed by atoms with van der Waals surface area (Å²) in [5, 5.41) is 7.14. The first-order chi connectivity index (χ1) is 12.4. The molecule has 7 heteroatoms. The Morgan fingerprint density at radius 3 is 2.77 bits per heavy atom. The Morgan fingerprint density at radius 2 is 2.04 bits per heavy atom. The van der Waals surface area contributed by atoms with Crippen LogP contribution in [0.2, 0.25) is 0 Å². The third-order valence-corrected chi connectivity index (χ3v) is 5.03. The lowest BCUT2D eigenvalue weighted by atomic mass is 9.92. The topological polar surface area (TPSA) is 71.6 Å². The third kappa shape index (κ3) is 4.33. The number of aromatic nitrogens is 3. The number of aryl methyl sites for hydroxylation is 1. The summed E-state index contributed by atoms with van der Waals surface area (Å²) in [6.07, 6.45) is 4.02. The molecule has 1 saturated heterocycles. The van der Waals surface area contributed by atoms with Gasteiger partial charge in [-0.25, -0.2) is 4.68 Å². The van der Waals surface area contributed by atoms with E-state index in [0.717, 1.165) is 37.9 Å². The number of carbonyl (C=O) groups is 1. The molecular formula is C19H29N5O2. The van der Waals surface area contributed by atoms with E-state index in [2.05, 4.69) is 29.2 Å². The van der Waals surface area contributed by atoms with Crippen LogP contribution in [0.5, 0.6) is 0 Å². The van der Waals surface area contributed by atoms with Crippen LogP contribution in [0.4, 0.5) is 0 Å². The Labute approximate surface area is 154 Å². The second-order valence-electron chi connectivity index (χ2n) is 7.68. The van der Waals surface area contributed by atoms with E-state index in [1.54, 1.807) is 22.7 Å². The smallest absolute Gasteiger partial charge is 0.291 e. The maximum atomic E-state index is 12.4. The number of amides is 1. The number of nitrogens with zero attached hydrogens (tertiary/aromatic N) is 4. The molecule has 1 fully saturated rings. The second kappa shape index (κ2) is 8.03. The maximum Gasteiger partial charge on any atom is 0.291 e. The molecule has 7 nitrogen and oxygen atoms in total. The fourth-order valence-electron chi connectivity index (χ4n) is 4.04. The van der Waals surface area contributed by atoms with Crippen molar-refractivity contribution in [2.75, 3.05) is 26.2 Å². The molecule has 1 aliphatic rings. The van der Waals surface area contributed by atoms with Crippen molar-refractivity contribution in [1.29, 1.82) is 0 Å². The van der Waals surface area contributed by atoms with Gasteiger partial charge in [-0.05, 0) is 50.3 Å². The molecule has 142 valence electrons. The van der Waals surface area contributed by atoms with Gasteiger partial charge in [0.25, 0.3) is 5.56 Å². The molecule has 0 unspecified atom stereocenters. The van der Waals surface area contributed by atoms with E-state index in [0.29, 0.717) is 17.9 Å². The number of hydrogen-bond acceptors (Lipinski definition) is 4. The molecule has 3 rings (SSSR count). The van der Waals surface area contributed by atoms with Gasteiger partial charge in [0, 0.05) is 25.8 Å². The molecule has 2 aromatic heterocycles. The Hall–Kier alpha value is -2.15. The van der Waals surface area contributed by atoms with Gasteiger partial charge in [-0.1, -0.05) is 13.8 Å². The zero-order chi connectivity index (χ0) is 18.7. The van der Waals surface area contributed by atoms with Crippen LogP contribution in [-0.4, -0.2) is 51.2 Å². The van der Waals surface area contributed by atoms with Gasteiger partial charge in [0.2, 0.25) is 5.91 Å². The predicted octanol–water partition coefficient (Wildman–Crippen LogP) is 1.29. The molecule has 1 aliphatic heterocycles. The molecule has 2 aromatic rings. The van der Waals surface area contributed by atoms with E-state index in [4.69, 9.17) is 0 Å². The minimum absolute atomic E-state index is 0.0425. The highest BCUT2D eigenvalue weighted by molar-refractivity contribution is 5.75. The van der Waals surface area contributed by atoms with Crippen LogP contribution in [0.1, 0.15) is 32.5 Å². The molecular weight excluding hydrogens is 330 g/mol. The van der Waals surface area contributed by atoms with Gasteiger partial charge < -0.3 is 10.2 Å². The zero-order valence-electron chi connectivity index (χ0n) is 15.9. The molecule has 1 amide bonds. The van der Waals surface area contributed by atoms with E-state index >= 15 is 0 Å². The Morgan fingerprint density at radius 1 is 1.31 bits per heavy atom. The van der Waals surface area contributed by atoms with Crippen molar-refractivity contribution in [3.05, 3.63) is 34.5 Å². The van der Waals surface area contributed by atoms with Crippen molar-refractivity contribution in [2.24, 2.45) is 11.8 Å². The largest absolute Gasteiger partial charge is 0.354 e. The van der Waals surface area contributed by atoms with E-state index in [1.165, 1.54) is 11.1 Å². The summed E-state index contributed by atoms with van der Waals surface area (Å²) in [6.45, 7) is 10.3. The normalized spacial score (nSPS) is 21.2. The lowest BCUT2D eigenvalue weighted by Crippen LogP contribution is -2.40. The Balaban J connectivity index is 1.47. The van der Waals surface area contributed by atoms with E-state index in [9.17, 15) is 9.59 Å². The van der Waals surface area contributed by atoms with Crippen molar-refractivity contribution in [3.8, 4) is 0 Å². The highest BCUT2D eigenvalue weighted by atomic mass is 16.2. The maximum absolute atomic E-state index is 12.4. The fourth-order valence-corrected chi connectivity index (χ4v) is 4.04. The number of carbonyl (C=O) groups excluding carboxylic acids is 1. The van der Waals surface area contributed by atoms with Crippen LogP contribution in [-0.2, 0) is 11.3 Å². The first-order valence-corrected chi connectivity index (χ1v) is 9.48. The van der Waals surface area contributed by atoms with Crippen LogP contribution in [0.25, 0.3) is 5.52 Å². The lowest BCUT2D eigenvalue weighted by molar-refractivity contribution is -0.121. The zero-order valence-corrected chi connectivity index (χ0v) is 15.9. The van der Waals surface area contributed by atoms with Gasteiger partial charge in [0.15, 0.2) is 0 Å². The van der Waals surface area contributed by atoms with Crippen molar-refractivity contribution in [3.63, 3.8) is 0 Å². The van der Waals surface area contributed by atoms with Gasteiger partial charge in [-0.15, -0.1) is 0 Å². The predicted molar refractivity (Wildman–Crippen MR) is 101 cm³/mol. The molecule has 0 aliphatic carbocycles. The molecule has 0 radical (unpaired) electrons. The lowest BCUT2D eigenvalue weighted by Gasteiger charge is -2.34. The Kier molecular flexibility index (Phi) is 5.76. The number of rotatable bonds is 6. The third-order valence-electron chi connectivity index (χ3n) is 5.03. The van der Waals surface area contributed by atoms with Crippen LogP contribution in [0.3, 0.4) is 0 Å². The summed E-state index contributed by atoms with van der Waals surface area (Å²) in [7, 11) is 0. The highest BCUT2D eigenvalue weighted by Crippen LogP contribution is 2.20. The minimum atomic E-state index is -0.243.